The van der Waals surface area contributed by atoms with Crippen LogP contribution in [0.25, 0.3) is 11.4 Å². The molecule has 6 nitrogen and oxygen atoms in total. The lowest BCUT2D eigenvalue weighted by molar-refractivity contribution is -0.148. The second kappa shape index (κ2) is 8.21. The second-order valence-corrected chi connectivity index (χ2v) is 6.25. The predicted molar refractivity (Wildman–Crippen MR) is 96.2 cm³/mol. The van der Waals surface area contributed by atoms with E-state index in [2.05, 4.69) is 10.1 Å². The van der Waals surface area contributed by atoms with E-state index in [1.165, 1.54) is 0 Å². The van der Waals surface area contributed by atoms with Crippen LogP contribution in [0, 0.1) is 6.92 Å². The summed E-state index contributed by atoms with van der Waals surface area (Å²) in [5.74, 6) is 0.373. The van der Waals surface area contributed by atoms with Gasteiger partial charge in [0.1, 0.15) is 5.75 Å². The SMILES string of the molecule is Cc1ccc(Cl)c(OCC(=O)OCc2nc(-c3cccc(Cl)c3)no2)c1. The minimum atomic E-state index is -0.579. The lowest BCUT2D eigenvalue weighted by Gasteiger charge is -2.08. The quantitative estimate of drug-likeness (QED) is 0.575. The number of nitrogens with zero attached hydrogens (tertiary/aromatic N) is 2. The highest BCUT2D eigenvalue weighted by atomic mass is 35.5. The van der Waals surface area contributed by atoms with Crippen LogP contribution in [-0.2, 0) is 16.1 Å². The summed E-state index contributed by atoms with van der Waals surface area (Å²) >= 11 is 11.9. The van der Waals surface area contributed by atoms with Gasteiger partial charge in [-0.3, -0.25) is 0 Å². The monoisotopic (exact) mass is 392 g/mol. The average molecular weight is 393 g/mol. The van der Waals surface area contributed by atoms with E-state index in [1.807, 2.05) is 13.0 Å². The summed E-state index contributed by atoms with van der Waals surface area (Å²) in [5, 5.41) is 4.82. The van der Waals surface area contributed by atoms with Gasteiger partial charge in [-0.15, -0.1) is 0 Å². The Bertz CT molecular complexity index is 927. The van der Waals surface area contributed by atoms with Crippen molar-refractivity contribution in [2.45, 2.75) is 13.5 Å². The van der Waals surface area contributed by atoms with Gasteiger partial charge in [-0.05, 0) is 36.8 Å². The summed E-state index contributed by atoms with van der Waals surface area (Å²) in [6.07, 6.45) is 0. The number of carbonyl (C=O) groups excluding carboxylic acids is 1. The summed E-state index contributed by atoms with van der Waals surface area (Å²) in [6, 6.07) is 12.3. The minimum Gasteiger partial charge on any atom is -0.480 e. The standard InChI is InChI=1S/C18H14Cl2N2O4/c1-11-5-6-14(20)15(7-11)24-10-17(23)25-9-16-21-18(22-26-16)12-3-2-4-13(19)8-12/h2-8H,9-10H2,1H3. The summed E-state index contributed by atoms with van der Waals surface area (Å²) in [6.45, 7) is 1.46. The maximum Gasteiger partial charge on any atom is 0.344 e. The predicted octanol–water partition coefficient (Wildman–Crippen LogP) is 4.47. The molecule has 0 fully saturated rings. The fourth-order valence-corrected chi connectivity index (χ4v) is 2.46. The molecule has 26 heavy (non-hydrogen) atoms. The van der Waals surface area contributed by atoms with Crippen LogP contribution in [0.4, 0.5) is 0 Å². The Morgan fingerprint density at radius 2 is 2.04 bits per heavy atom. The lowest BCUT2D eigenvalue weighted by Crippen LogP contribution is -2.15. The Morgan fingerprint density at radius 3 is 2.85 bits per heavy atom. The van der Waals surface area contributed by atoms with Crippen LogP contribution in [0.3, 0.4) is 0 Å². The van der Waals surface area contributed by atoms with Crippen molar-refractivity contribution in [2.24, 2.45) is 0 Å². The third-order valence-electron chi connectivity index (χ3n) is 3.34. The van der Waals surface area contributed by atoms with Crippen LogP contribution >= 0.6 is 23.2 Å². The number of rotatable bonds is 6. The van der Waals surface area contributed by atoms with E-state index in [-0.39, 0.29) is 19.1 Å². The molecule has 3 rings (SSSR count). The van der Waals surface area contributed by atoms with Crippen LogP contribution in [-0.4, -0.2) is 22.7 Å². The molecule has 3 aromatic rings. The molecule has 0 amide bonds. The van der Waals surface area contributed by atoms with Crippen LogP contribution < -0.4 is 4.74 Å². The van der Waals surface area contributed by atoms with Crippen LogP contribution in [0.2, 0.25) is 10.0 Å². The molecule has 1 aromatic heterocycles. The fraction of sp³-hybridized carbons (Fsp3) is 0.167. The number of aryl methyl sites for hydroxylation is 1. The molecule has 0 radical (unpaired) electrons. The first-order valence-corrected chi connectivity index (χ1v) is 8.40. The Morgan fingerprint density at radius 1 is 1.19 bits per heavy atom. The van der Waals surface area contributed by atoms with Crippen LogP contribution in [0.15, 0.2) is 47.0 Å². The van der Waals surface area contributed by atoms with Gasteiger partial charge in [-0.1, -0.05) is 46.6 Å². The number of ether oxygens (including phenoxy) is 2. The number of carbonyl (C=O) groups is 1. The zero-order valence-electron chi connectivity index (χ0n) is 13.7. The van der Waals surface area contributed by atoms with E-state index >= 15 is 0 Å². The van der Waals surface area contributed by atoms with Crippen molar-refractivity contribution in [3.8, 4) is 17.1 Å². The molecule has 0 aliphatic rings. The zero-order valence-corrected chi connectivity index (χ0v) is 15.3. The normalized spacial score (nSPS) is 10.6. The number of aromatic nitrogens is 2. The molecule has 1 heterocycles. The highest BCUT2D eigenvalue weighted by molar-refractivity contribution is 6.32. The van der Waals surface area contributed by atoms with Crippen molar-refractivity contribution >= 4 is 29.2 Å². The van der Waals surface area contributed by atoms with Gasteiger partial charge in [0.2, 0.25) is 5.82 Å². The first-order chi connectivity index (χ1) is 12.5. The van der Waals surface area contributed by atoms with E-state index in [0.717, 1.165) is 5.56 Å². The number of esters is 1. The summed E-state index contributed by atoms with van der Waals surface area (Å²) in [4.78, 5) is 16.0. The van der Waals surface area contributed by atoms with E-state index < -0.39 is 5.97 Å². The molecule has 0 atom stereocenters. The number of halogens is 2. The molecular weight excluding hydrogens is 379 g/mol. The molecule has 0 saturated heterocycles. The molecule has 0 bridgehead atoms. The smallest absolute Gasteiger partial charge is 0.344 e. The molecule has 8 heteroatoms. The van der Waals surface area contributed by atoms with Gasteiger partial charge in [0.05, 0.1) is 5.02 Å². The molecule has 2 aromatic carbocycles. The highest BCUT2D eigenvalue weighted by Gasteiger charge is 2.12. The van der Waals surface area contributed by atoms with Crippen molar-refractivity contribution in [3.63, 3.8) is 0 Å². The molecule has 0 aliphatic heterocycles. The average Bonchev–Trinajstić information content (AvgIpc) is 3.10. The minimum absolute atomic E-state index is 0.155. The van der Waals surface area contributed by atoms with Crippen molar-refractivity contribution in [1.29, 1.82) is 0 Å². The molecule has 0 saturated carbocycles. The topological polar surface area (TPSA) is 74.5 Å². The van der Waals surface area contributed by atoms with Gasteiger partial charge in [-0.25, -0.2) is 4.79 Å². The van der Waals surface area contributed by atoms with Crippen molar-refractivity contribution < 1.29 is 18.8 Å². The van der Waals surface area contributed by atoms with Crippen LogP contribution in [0.5, 0.6) is 5.75 Å². The van der Waals surface area contributed by atoms with Crippen molar-refractivity contribution in [3.05, 3.63) is 64.0 Å². The molecular formula is C18H14Cl2N2O4. The van der Waals surface area contributed by atoms with Crippen molar-refractivity contribution in [1.82, 2.24) is 10.1 Å². The second-order valence-electron chi connectivity index (χ2n) is 5.41. The van der Waals surface area contributed by atoms with Gasteiger partial charge in [0.25, 0.3) is 5.89 Å². The van der Waals surface area contributed by atoms with Gasteiger partial charge < -0.3 is 14.0 Å². The third-order valence-corrected chi connectivity index (χ3v) is 3.89. The molecule has 134 valence electrons. The zero-order chi connectivity index (χ0) is 18.5. The molecule has 0 aliphatic carbocycles. The number of hydrogen-bond donors (Lipinski definition) is 0. The lowest BCUT2D eigenvalue weighted by atomic mass is 10.2. The Kier molecular flexibility index (Phi) is 5.75. The Balaban J connectivity index is 1.53. The number of benzene rings is 2. The maximum absolute atomic E-state index is 11.8. The molecule has 0 unspecified atom stereocenters. The maximum atomic E-state index is 11.8. The Labute approximate surface area is 159 Å². The highest BCUT2D eigenvalue weighted by Crippen LogP contribution is 2.25. The van der Waals surface area contributed by atoms with Crippen LogP contribution in [0.1, 0.15) is 11.5 Å². The van der Waals surface area contributed by atoms with E-state index in [9.17, 15) is 4.79 Å². The summed E-state index contributed by atoms with van der Waals surface area (Å²) < 4.78 is 15.5. The van der Waals surface area contributed by atoms with Gasteiger partial charge in [0, 0.05) is 10.6 Å². The summed E-state index contributed by atoms with van der Waals surface area (Å²) in [7, 11) is 0. The summed E-state index contributed by atoms with van der Waals surface area (Å²) in [5.41, 5.74) is 1.67. The largest absolute Gasteiger partial charge is 0.480 e. The van der Waals surface area contributed by atoms with Gasteiger partial charge in [-0.2, -0.15) is 4.98 Å². The number of hydrogen-bond acceptors (Lipinski definition) is 6. The Hall–Kier alpha value is -2.57. The van der Waals surface area contributed by atoms with Crippen molar-refractivity contribution in [2.75, 3.05) is 6.61 Å². The van der Waals surface area contributed by atoms with E-state index in [1.54, 1.807) is 36.4 Å². The van der Waals surface area contributed by atoms with E-state index in [4.69, 9.17) is 37.2 Å². The fourth-order valence-electron chi connectivity index (χ4n) is 2.10. The first-order valence-electron chi connectivity index (χ1n) is 7.64. The van der Waals surface area contributed by atoms with Gasteiger partial charge in [0.15, 0.2) is 13.2 Å². The van der Waals surface area contributed by atoms with Gasteiger partial charge >= 0.3 is 5.97 Å². The van der Waals surface area contributed by atoms with E-state index in [0.29, 0.717) is 27.2 Å². The first kappa shape index (κ1) is 18.2. The molecule has 0 spiro atoms. The third kappa shape index (κ3) is 4.74. The molecule has 0 N–H and O–H groups in total.